The van der Waals surface area contributed by atoms with Gasteiger partial charge in [0, 0.05) is 24.3 Å². The summed E-state index contributed by atoms with van der Waals surface area (Å²) in [5, 5.41) is 10.3. The molecule has 35 heavy (non-hydrogen) atoms. The van der Waals surface area contributed by atoms with Crippen molar-refractivity contribution in [2.24, 2.45) is 0 Å². The van der Waals surface area contributed by atoms with E-state index in [4.69, 9.17) is 16.3 Å². The lowest BCUT2D eigenvalue weighted by Gasteiger charge is -2.23. The van der Waals surface area contributed by atoms with E-state index in [0.29, 0.717) is 46.4 Å². The maximum atomic E-state index is 13.4. The van der Waals surface area contributed by atoms with E-state index in [2.05, 4.69) is 20.7 Å². The van der Waals surface area contributed by atoms with E-state index in [1.54, 1.807) is 42.1 Å². The number of halogens is 1. The van der Waals surface area contributed by atoms with Gasteiger partial charge in [0.15, 0.2) is 5.82 Å². The fourth-order valence-electron chi connectivity index (χ4n) is 3.71. The number of fused-ring (bicyclic) bond motifs is 1. The predicted octanol–water partition coefficient (Wildman–Crippen LogP) is 2.00. The van der Waals surface area contributed by atoms with Gasteiger partial charge < -0.3 is 20.3 Å². The number of hydrogen-bond donors (Lipinski definition) is 2. The Hall–Kier alpha value is -3.92. The second-order valence-electron chi connectivity index (χ2n) is 7.92. The summed E-state index contributed by atoms with van der Waals surface area (Å²) < 4.78 is 7.26. The first-order valence-electron chi connectivity index (χ1n) is 11.2. The maximum Gasteiger partial charge on any atom is 0.257 e. The van der Waals surface area contributed by atoms with Crippen LogP contribution < -0.4 is 15.4 Å². The van der Waals surface area contributed by atoms with Crippen LogP contribution in [-0.2, 0) is 4.79 Å². The second kappa shape index (κ2) is 11.0. The van der Waals surface area contributed by atoms with Crippen LogP contribution in [-0.4, -0.2) is 70.2 Å². The van der Waals surface area contributed by atoms with Crippen molar-refractivity contribution in [1.82, 2.24) is 30.3 Å². The number of amides is 3. The van der Waals surface area contributed by atoms with Crippen LogP contribution in [0.2, 0.25) is 5.02 Å². The van der Waals surface area contributed by atoms with Gasteiger partial charge >= 0.3 is 0 Å². The number of nitrogens with one attached hydrogen (secondary N) is 2. The molecule has 11 heteroatoms. The highest BCUT2D eigenvalue weighted by Crippen LogP contribution is 2.23. The van der Waals surface area contributed by atoms with Crippen LogP contribution in [0.15, 0.2) is 48.8 Å². The van der Waals surface area contributed by atoms with Crippen LogP contribution in [0, 0.1) is 6.92 Å². The van der Waals surface area contributed by atoms with Crippen molar-refractivity contribution in [3.8, 4) is 11.6 Å². The summed E-state index contributed by atoms with van der Waals surface area (Å²) >= 11 is 6.05. The Morgan fingerprint density at radius 2 is 2.00 bits per heavy atom. The number of pyridine rings is 1. The van der Waals surface area contributed by atoms with Crippen LogP contribution in [0.4, 0.5) is 0 Å². The number of carbonyl (C=O) groups is 3. The molecule has 0 fully saturated rings. The Balaban J connectivity index is 1.51. The molecule has 0 unspecified atom stereocenters. The molecule has 182 valence electrons. The molecular formula is C24H25ClN6O4. The van der Waals surface area contributed by atoms with E-state index >= 15 is 0 Å². The summed E-state index contributed by atoms with van der Waals surface area (Å²) in [6.07, 6.45) is 3.56. The van der Waals surface area contributed by atoms with Gasteiger partial charge in [-0.15, -0.1) is 0 Å². The minimum atomic E-state index is -0.327. The average Bonchev–Trinajstić information content (AvgIpc) is 3.25. The number of ether oxygens (including phenoxy) is 1. The minimum absolute atomic E-state index is 0.132. The van der Waals surface area contributed by atoms with Gasteiger partial charge in [0.05, 0.1) is 36.1 Å². The fourth-order valence-corrected chi connectivity index (χ4v) is 3.88. The Labute approximate surface area is 207 Å². The number of aromatic nitrogens is 3. The molecule has 3 heterocycles. The van der Waals surface area contributed by atoms with Gasteiger partial charge in [0.25, 0.3) is 11.8 Å². The van der Waals surface area contributed by atoms with Crippen molar-refractivity contribution < 1.29 is 19.1 Å². The topological polar surface area (TPSA) is 118 Å². The molecule has 0 atom stereocenters. The molecule has 1 aliphatic heterocycles. The molecule has 4 rings (SSSR count). The highest BCUT2D eigenvalue weighted by molar-refractivity contribution is 6.31. The highest BCUT2D eigenvalue weighted by atomic mass is 35.5. The second-order valence-corrected chi connectivity index (χ2v) is 8.35. The third-order valence-electron chi connectivity index (χ3n) is 5.49. The molecule has 0 spiro atoms. The monoisotopic (exact) mass is 496 g/mol. The van der Waals surface area contributed by atoms with Gasteiger partial charge in [-0.05, 0) is 43.7 Å². The van der Waals surface area contributed by atoms with Crippen molar-refractivity contribution in [3.63, 3.8) is 0 Å². The summed E-state index contributed by atoms with van der Waals surface area (Å²) in [4.78, 5) is 44.3. The molecular weight excluding hydrogens is 472 g/mol. The minimum Gasteiger partial charge on any atom is -0.491 e. The molecule has 0 bridgehead atoms. The van der Waals surface area contributed by atoms with E-state index in [9.17, 15) is 14.4 Å². The molecule has 0 saturated carbocycles. The van der Waals surface area contributed by atoms with Gasteiger partial charge in [0.2, 0.25) is 5.91 Å². The average molecular weight is 497 g/mol. The quantitative estimate of drug-likeness (QED) is 0.560. The zero-order valence-electron chi connectivity index (χ0n) is 19.2. The first-order valence-corrected chi connectivity index (χ1v) is 11.5. The Bertz CT molecular complexity index is 1230. The van der Waals surface area contributed by atoms with E-state index in [-0.39, 0.29) is 44.0 Å². The van der Waals surface area contributed by atoms with Crippen molar-refractivity contribution in [2.75, 3.05) is 32.8 Å². The molecule has 0 aliphatic carbocycles. The fraction of sp³-hybridized carbons (Fsp3) is 0.292. The maximum absolute atomic E-state index is 13.4. The molecule has 3 aromatic rings. The van der Waals surface area contributed by atoms with Gasteiger partial charge in [-0.2, -0.15) is 5.10 Å². The van der Waals surface area contributed by atoms with E-state index in [0.717, 1.165) is 0 Å². The molecule has 2 aromatic heterocycles. The first-order chi connectivity index (χ1) is 16.9. The summed E-state index contributed by atoms with van der Waals surface area (Å²) in [5.41, 5.74) is 1.30. The molecule has 3 amide bonds. The lowest BCUT2D eigenvalue weighted by molar-refractivity contribution is -0.121. The standard InChI is InChI=1S/C24H25ClN6O4/c1-16-19(14-29-31(16)21-5-2-3-8-26-21)24(34)30-11-4-9-28-23(33)18-13-17(25)6-7-20(18)35-12-10-27-22(32)15-30/h2-3,5-8,13-14H,4,9-12,15H2,1H3,(H,27,32)(H,28,33). The molecule has 1 aliphatic rings. The number of nitrogens with zero attached hydrogens (tertiary/aromatic N) is 4. The Kier molecular flexibility index (Phi) is 7.61. The smallest absolute Gasteiger partial charge is 0.257 e. The molecule has 0 radical (unpaired) electrons. The van der Waals surface area contributed by atoms with Crippen molar-refractivity contribution in [1.29, 1.82) is 0 Å². The highest BCUT2D eigenvalue weighted by Gasteiger charge is 2.24. The van der Waals surface area contributed by atoms with Crippen LogP contribution in [0.3, 0.4) is 0 Å². The lowest BCUT2D eigenvalue weighted by Crippen LogP contribution is -2.43. The van der Waals surface area contributed by atoms with Crippen molar-refractivity contribution >= 4 is 29.3 Å². The number of hydrogen-bond acceptors (Lipinski definition) is 6. The predicted molar refractivity (Wildman–Crippen MR) is 129 cm³/mol. The zero-order valence-corrected chi connectivity index (χ0v) is 19.9. The Morgan fingerprint density at radius 1 is 1.14 bits per heavy atom. The summed E-state index contributed by atoms with van der Waals surface area (Å²) in [6, 6.07) is 10.2. The summed E-state index contributed by atoms with van der Waals surface area (Å²) in [6.45, 7) is 2.56. The summed E-state index contributed by atoms with van der Waals surface area (Å²) in [5.74, 6) is 0.0102. The van der Waals surface area contributed by atoms with E-state index < -0.39 is 0 Å². The zero-order chi connectivity index (χ0) is 24.8. The number of rotatable bonds is 2. The van der Waals surface area contributed by atoms with E-state index in [1.165, 1.54) is 17.2 Å². The number of benzene rings is 1. The Morgan fingerprint density at radius 3 is 2.80 bits per heavy atom. The van der Waals surface area contributed by atoms with E-state index in [1.807, 2.05) is 6.07 Å². The molecule has 1 aromatic carbocycles. The van der Waals surface area contributed by atoms with Crippen molar-refractivity contribution in [3.05, 3.63) is 70.6 Å². The number of carbonyl (C=O) groups excluding carboxylic acids is 3. The third-order valence-corrected chi connectivity index (χ3v) is 5.72. The third kappa shape index (κ3) is 5.78. The van der Waals surface area contributed by atoms with Crippen LogP contribution in [0.1, 0.15) is 32.8 Å². The molecule has 10 nitrogen and oxygen atoms in total. The van der Waals surface area contributed by atoms with Gasteiger partial charge in [-0.25, -0.2) is 9.67 Å². The summed E-state index contributed by atoms with van der Waals surface area (Å²) in [7, 11) is 0. The first kappa shape index (κ1) is 24.2. The van der Waals surface area contributed by atoms with Crippen LogP contribution >= 0.6 is 11.6 Å². The van der Waals surface area contributed by atoms with Gasteiger partial charge in [0.1, 0.15) is 12.4 Å². The lowest BCUT2D eigenvalue weighted by atomic mass is 10.2. The van der Waals surface area contributed by atoms with Gasteiger partial charge in [-0.1, -0.05) is 17.7 Å². The van der Waals surface area contributed by atoms with Crippen LogP contribution in [0.25, 0.3) is 5.82 Å². The van der Waals surface area contributed by atoms with Crippen LogP contribution in [0.5, 0.6) is 5.75 Å². The SMILES string of the molecule is Cc1c(C(=O)N2CCCNC(=O)c3cc(Cl)ccc3OCCNC(=O)C2)cnn1-c1ccccn1. The molecule has 0 saturated heterocycles. The normalized spacial score (nSPS) is 15.3. The molecule has 2 N–H and O–H groups in total. The van der Waals surface area contributed by atoms with Crippen molar-refractivity contribution in [2.45, 2.75) is 13.3 Å². The van der Waals surface area contributed by atoms with Gasteiger partial charge in [-0.3, -0.25) is 14.4 Å². The largest absolute Gasteiger partial charge is 0.491 e.